The Hall–Kier alpha value is -1.99. The highest BCUT2D eigenvalue weighted by atomic mass is 16.5. The van der Waals surface area contributed by atoms with Crippen molar-refractivity contribution in [2.45, 2.75) is 45.3 Å². The van der Waals surface area contributed by atoms with E-state index in [9.17, 15) is 5.11 Å². The molecule has 2 fully saturated rings. The molecule has 0 spiro atoms. The lowest BCUT2D eigenvalue weighted by atomic mass is 9.89. The highest BCUT2D eigenvalue weighted by molar-refractivity contribution is 5.42. The van der Waals surface area contributed by atoms with Crippen molar-refractivity contribution in [2.75, 3.05) is 24.7 Å². The van der Waals surface area contributed by atoms with Gasteiger partial charge in [-0.25, -0.2) is 9.67 Å². The number of aryl methyl sites for hydroxylation is 2. The van der Waals surface area contributed by atoms with Crippen LogP contribution in [-0.4, -0.2) is 56.8 Å². The predicted octanol–water partition coefficient (Wildman–Crippen LogP) is 1.65. The lowest BCUT2D eigenvalue weighted by molar-refractivity contribution is -0.0438. The van der Waals surface area contributed by atoms with Crippen molar-refractivity contribution in [3.63, 3.8) is 0 Å². The smallest absolute Gasteiger partial charge is 0.174 e. The minimum atomic E-state index is -0.300. The lowest BCUT2D eigenvalue weighted by Gasteiger charge is -2.37. The fourth-order valence-corrected chi connectivity index (χ4v) is 4.09. The molecule has 0 saturated carbocycles. The molecule has 2 aromatic heterocycles. The summed E-state index contributed by atoms with van der Waals surface area (Å²) < 4.78 is 7.45. The van der Waals surface area contributed by atoms with Gasteiger partial charge in [-0.3, -0.25) is 4.98 Å². The first-order valence-electron chi connectivity index (χ1n) is 9.01. The zero-order chi connectivity index (χ0) is 17.4. The van der Waals surface area contributed by atoms with Gasteiger partial charge in [0.25, 0.3) is 0 Å². The van der Waals surface area contributed by atoms with Gasteiger partial charge in [0, 0.05) is 30.8 Å². The van der Waals surface area contributed by atoms with Crippen molar-refractivity contribution in [1.29, 1.82) is 0 Å². The van der Waals surface area contributed by atoms with Gasteiger partial charge in [0.15, 0.2) is 5.82 Å². The molecule has 0 aliphatic carbocycles. The number of aliphatic hydroxyl groups excluding tert-OH is 1. The van der Waals surface area contributed by atoms with E-state index in [-0.39, 0.29) is 18.1 Å². The molecular formula is C18H25N5O2. The molecule has 0 aromatic carbocycles. The van der Waals surface area contributed by atoms with Gasteiger partial charge >= 0.3 is 0 Å². The number of hydrogen-bond donors (Lipinski definition) is 1. The quantitative estimate of drug-likeness (QED) is 0.913. The summed E-state index contributed by atoms with van der Waals surface area (Å²) >= 11 is 0. The predicted molar refractivity (Wildman–Crippen MR) is 93.9 cm³/mol. The van der Waals surface area contributed by atoms with Gasteiger partial charge in [-0.15, -0.1) is 0 Å². The van der Waals surface area contributed by atoms with Crippen LogP contribution in [-0.2, 0) is 4.74 Å². The average Bonchev–Trinajstić information content (AvgIpc) is 3.22. The minimum Gasteiger partial charge on any atom is -0.393 e. The first-order valence-corrected chi connectivity index (χ1v) is 9.01. The second-order valence-electron chi connectivity index (χ2n) is 7.07. The summed E-state index contributed by atoms with van der Waals surface area (Å²) in [4.78, 5) is 11.5. The molecule has 1 N–H and O–H groups in total. The van der Waals surface area contributed by atoms with Gasteiger partial charge in [-0.1, -0.05) is 0 Å². The molecule has 2 aromatic rings. The lowest BCUT2D eigenvalue weighted by Crippen LogP contribution is -2.46. The molecule has 0 bridgehead atoms. The van der Waals surface area contributed by atoms with Crippen molar-refractivity contribution < 1.29 is 9.84 Å². The van der Waals surface area contributed by atoms with Crippen molar-refractivity contribution in [3.05, 3.63) is 29.8 Å². The second kappa shape index (κ2) is 6.72. The fraction of sp³-hybridized carbons (Fsp3) is 0.611. The van der Waals surface area contributed by atoms with Gasteiger partial charge in [0.2, 0.25) is 0 Å². The Morgan fingerprint density at radius 2 is 2.04 bits per heavy atom. The SMILES string of the molecule is Cc1cc(C)n(-c2cncc(N3CCC[C@@H]3[C@@H]3COCC[C@@H]3O)n2)n1. The Balaban J connectivity index is 1.62. The maximum atomic E-state index is 10.4. The number of anilines is 1. The molecule has 4 heterocycles. The summed E-state index contributed by atoms with van der Waals surface area (Å²) in [6.07, 6.45) is 6.12. The Bertz CT molecular complexity index is 747. The maximum absolute atomic E-state index is 10.4. The summed E-state index contributed by atoms with van der Waals surface area (Å²) in [7, 11) is 0. The van der Waals surface area contributed by atoms with Crippen LogP contribution in [0.1, 0.15) is 30.7 Å². The van der Waals surface area contributed by atoms with Crippen molar-refractivity contribution in [3.8, 4) is 5.82 Å². The van der Waals surface area contributed by atoms with Crippen LogP contribution in [0, 0.1) is 19.8 Å². The van der Waals surface area contributed by atoms with Crippen molar-refractivity contribution in [1.82, 2.24) is 19.7 Å². The van der Waals surface area contributed by atoms with Gasteiger partial charge in [-0.2, -0.15) is 5.10 Å². The van der Waals surface area contributed by atoms with Gasteiger partial charge in [0.05, 0.1) is 30.8 Å². The third kappa shape index (κ3) is 3.14. The second-order valence-corrected chi connectivity index (χ2v) is 7.07. The van der Waals surface area contributed by atoms with Crippen LogP contribution in [0.15, 0.2) is 18.5 Å². The number of nitrogens with zero attached hydrogens (tertiary/aromatic N) is 5. The maximum Gasteiger partial charge on any atom is 0.174 e. The van der Waals surface area contributed by atoms with E-state index in [2.05, 4.69) is 15.0 Å². The topological polar surface area (TPSA) is 76.3 Å². The number of rotatable bonds is 3. The van der Waals surface area contributed by atoms with Crippen LogP contribution in [0.4, 0.5) is 5.82 Å². The average molecular weight is 343 g/mol. The summed E-state index contributed by atoms with van der Waals surface area (Å²) in [6, 6.07) is 2.28. The third-order valence-corrected chi connectivity index (χ3v) is 5.29. The van der Waals surface area contributed by atoms with Crippen LogP contribution < -0.4 is 4.90 Å². The molecule has 7 nitrogen and oxygen atoms in total. The Labute approximate surface area is 147 Å². The molecule has 134 valence electrons. The molecule has 0 unspecified atom stereocenters. The van der Waals surface area contributed by atoms with E-state index in [1.807, 2.05) is 30.8 Å². The summed E-state index contributed by atoms with van der Waals surface area (Å²) in [5.74, 6) is 1.72. The molecule has 25 heavy (non-hydrogen) atoms. The van der Waals surface area contributed by atoms with E-state index in [1.165, 1.54) is 0 Å². The van der Waals surface area contributed by atoms with Gasteiger partial charge < -0.3 is 14.7 Å². The monoisotopic (exact) mass is 343 g/mol. The first-order chi connectivity index (χ1) is 12.1. The molecule has 7 heteroatoms. The molecule has 3 atom stereocenters. The minimum absolute atomic E-state index is 0.135. The van der Waals surface area contributed by atoms with E-state index < -0.39 is 0 Å². The van der Waals surface area contributed by atoms with E-state index in [0.29, 0.717) is 19.6 Å². The zero-order valence-corrected chi connectivity index (χ0v) is 14.8. The van der Waals surface area contributed by atoms with Crippen LogP contribution >= 0.6 is 0 Å². The normalized spacial score (nSPS) is 27.0. The molecular weight excluding hydrogens is 318 g/mol. The molecule has 0 radical (unpaired) electrons. The largest absolute Gasteiger partial charge is 0.393 e. The zero-order valence-electron chi connectivity index (χ0n) is 14.8. The van der Waals surface area contributed by atoms with E-state index in [0.717, 1.165) is 42.4 Å². The summed E-state index contributed by atoms with van der Waals surface area (Å²) in [6.45, 7) is 6.19. The number of aliphatic hydroxyl groups is 1. The number of aromatic nitrogens is 4. The Morgan fingerprint density at radius 3 is 2.80 bits per heavy atom. The number of ether oxygens (including phenoxy) is 1. The fourth-order valence-electron chi connectivity index (χ4n) is 4.09. The van der Waals surface area contributed by atoms with E-state index in [4.69, 9.17) is 9.72 Å². The summed E-state index contributed by atoms with van der Waals surface area (Å²) in [5.41, 5.74) is 2.00. The third-order valence-electron chi connectivity index (χ3n) is 5.29. The van der Waals surface area contributed by atoms with Gasteiger partial charge in [0.1, 0.15) is 5.82 Å². The van der Waals surface area contributed by atoms with Crippen LogP contribution in [0.2, 0.25) is 0 Å². The van der Waals surface area contributed by atoms with E-state index >= 15 is 0 Å². The highest BCUT2D eigenvalue weighted by Gasteiger charge is 2.38. The Kier molecular flexibility index (Phi) is 4.43. The Morgan fingerprint density at radius 1 is 1.20 bits per heavy atom. The van der Waals surface area contributed by atoms with E-state index in [1.54, 1.807) is 6.20 Å². The number of hydrogen-bond acceptors (Lipinski definition) is 6. The molecule has 4 rings (SSSR count). The van der Waals surface area contributed by atoms with Crippen molar-refractivity contribution in [2.24, 2.45) is 5.92 Å². The molecule has 2 aliphatic rings. The van der Waals surface area contributed by atoms with Crippen LogP contribution in [0.25, 0.3) is 5.82 Å². The first kappa shape index (κ1) is 16.5. The van der Waals surface area contributed by atoms with Crippen LogP contribution in [0.3, 0.4) is 0 Å². The van der Waals surface area contributed by atoms with Gasteiger partial charge in [-0.05, 0) is 39.2 Å². The highest BCUT2D eigenvalue weighted by Crippen LogP contribution is 2.32. The van der Waals surface area contributed by atoms with Crippen molar-refractivity contribution >= 4 is 5.82 Å². The molecule has 2 saturated heterocycles. The molecule has 0 amide bonds. The molecule has 2 aliphatic heterocycles. The van der Waals surface area contributed by atoms with Crippen LogP contribution in [0.5, 0.6) is 0 Å². The summed E-state index contributed by atoms with van der Waals surface area (Å²) in [5, 5.41) is 14.9. The standard InChI is InChI=1S/C18H25N5O2/c1-12-8-13(2)23(21-12)18-10-19-9-17(20-18)22-6-3-4-15(22)14-11-25-7-5-16(14)24/h8-10,14-16,24H,3-7,11H2,1-2H3/t14-,15+,16-/m0/s1.